The van der Waals surface area contributed by atoms with Crippen molar-refractivity contribution in [1.29, 1.82) is 0 Å². The van der Waals surface area contributed by atoms with Crippen molar-refractivity contribution in [1.82, 2.24) is 14.5 Å². The normalized spacial score (nSPS) is 10.7. The minimum atomic E-state index is -1.16. The number of pyridine rings is 1. The lowest BCUT2D eigenvalue weighted by Crippen LogP contribution is -2.14. The molecule has 0 aliphatic rings. The van der Waals surface area contributed by atoms with Gasteiger partial charge in [-0.15, -0.1) is 0 Å². The molecular formula is C8H8N4O3. The van der Waals surface area contributed by atoms with Gasteiger partial charge in [0.25, 0.3) is 0 Å². The molecule has 0 atom stereocenters. The van der Waals surface area contributed by atoms with Gasteiger partial charge in [-0.05, 0) is 12.1 Å². The Morgan fingerprint density at radius 3 is 3.13 bits per heavy atom. The molecule has 0 saturated heterocycles. The summed E-state index contributed by atoms with van der Waals surface area (Å²) in [5.74, 6) is 5.09. The molecule has 2 heterocycles. The number of hydrogen-bond donors (Lipinski definition) is 2. The van der Waals surface area contributed by atoms with Crippen molar-refractivity contribution >= 4 is 17.3 Å². The molecule has 7 heteroatoms. The molecular weight excluding hydrogens is 200 g/mol. The third kappa shape index (κ3) is 1.53. The predicted octanol–water partition coefficient (Wildman–Crippen LogP) is 0.348. The minimum absolute atomic E-state index is 0.0807. The van der Waals surface area contributed by atoms with Crippen LogP contribution in [0.3, 0.4) is 0 Å². The smallest absolute Gasteiger partial charge is 0.418 e. The van der Waals surface area contributed by atoms with Crippen molar-refractivity contribution in [3.05, 3.63) is 24.2 Å². The number of carbonyl (C=O) groups is 1. The summed E-state index contributed by atoms with van der Waals surface area (Å²) >= 11 is 0. The fourth-order valence-corrected chi connectivity index (χ4v) is 1.33. The van der Waals surface area contributed by atoms with Gasteiger partial charge in [-0.1, -0.05) is 0 Å². The molecule has 0 saturated carbocycles. The van der Waals surface area contributed by atoms with Crippen LogP contribution < -0.4 is 5.90 Å². The van der Waals surface area contributed by atoms with Crippen molar-refractivity contribution < 1.29 is 14.7 Å². The van der Waals surface area contributed by atoms with Gasteiger partial charge < -0.3 is 5.11 Å². The molecule has 7 nitrogen and oxygen atoms in total. The Morgan fingerprint density at radius 1 is 1.67 bits per heavy atom. The van der Waals surface area contributed by atoms with Gasteiger partial charge in [0, 0.05) is 6.20 Å². The van der Waals surface area contributed by atoms with Gasteiger partial charge in [0.2, 0.25) is 0 Å². The van der Waals surface area contributed by atoms with Crippen LogP contribution in [-0.2, 0) is 11.4 Å². The van der Waals surface area contributed by atoms with Gasteiger partial charge in [-0.25, -0.2) is 25.2 Å². The molecule has 0 radical (unpaired) electrons. The topological polar surface area (TPSA) is 103 Å². The quantitative estimate of drug-likeness (QED) is 0.690. The molecule has 2 rings (SSSR count). The van der Waals surface area contributed by atoms with E-state index in [0.29, 0.717) is 5.52 Å². The Bertz CT molecular complexity index is 508. The van der Waals surface area contributed by atoms with Crippen LogP contribution in [0.25, 0.3) is 11.2 Å². The van der Waals surface area contributed by atoms with E-state index in [2.05, 4.69) is 14.8 Å². The fraction of sp³-hybridized carbons (Fsp3) is 0.125. The molecule has 0 aromatic carbocycles. The molecule has 0 spiro atoms. The van der Waals surface area contributed by atoms with E-state index in [4.69, 9.17) is 11.0 Å². The number of nitrogens with zero attached hydrogens (tertiary/aromatic N) is 3. The number of carboxylic acid groups (broad SMARTS) is 1. The molecule has 0 unspecified atom stereocenters. The second-order valence-electron chi connectivity index (χ2n) is 2.80. The Hall–Kier alpha value is -1.99. The highest BCUT2D eigenvalue weighted by Gasteiger charge is 2.16. The van der Waals surface area contributed by atoms with Crippen LogP contribution in [0.4, 0.5) is 4.79 Å². The first kappa shape index (κ1) is 9.56. The lowest BCUT2D eigenvalue weighted by molar-refractivity contribution is 0.115. The van der Waals surface area contributed by atoms with Gasteiger partial charge in [0.15, 0.2) is 5.65 Å². The van der Waals surface area contributed by atoms with Crippen LogP contribution in [0.1, 0.15) is 5.82 Å². The minimum Gasteiger partial charge on any atom is -0.464 e. The standard InChI is InChI=1S/C8H8N4O3/c9-15-4-6-11-5-2-1-3-10-7(5)12(6)8(13)14/h1-3H,4,9H2,(H,13,14). The highest BCUT2D eigenvalue weighted by Crippen LogP contribution is 2.13. The molecule has 3 N–H and O–H groups in total. The first-order chi connectivity index (χ1) is 7.24. The van der Waals surface area contributed by atoms with Crippen LogP contribution in [0, 0.1) is 0 Å². The van der Waals surface area contributed by atoms with E-state index in [1.807, 2.05) is 0 Å². The van der Waals surface area contributed by atoms with Crippen LogP contribution in [-0.4, -0.2) is 25.7 Å². The fourth-order valence-electron chi connectivity index (χ4n) is 1.33. The maximum absolute atomic E-state index is 11.0. The lowest BCUT2D eigenvalue weighted by Gasteiger charge is -1.99. The lowest BCUT2D eigenvalue weighted by atomic mass is 10.4. The summed E-state index contributed by atoms with van der Waals surface area (Å²) in [7, 11) is 0. The Kier molecular flexibility index (Phi) is 2.32. The van der Waals surface area contributed by atoms with Gasteiger partial charge in [0.05, 0.1) is 0 Å². The van der Waals surface area contributed by atoms with E-state index in [-0.39, 0.29) is 18.1 Å². The first-order valence-corrected chi connectivity index (χ1v) is 4.11. The SMILES string of the molecule is NOCc1nc2cccnc2n1C(=O)O. The summed E-state index contributed by atoms with van der Waals surface area (Å²) in [5.41, 5.74) is 0.768. The zero-order valence-electron chi connectivity index (χ0n) is 7.62. The number of aromatic nitrogens is 3. The molecule has 2 aromatic heterocycles. The molecule has 0 fully saturated rings. The molecule has 0 aliphatic heterocycles. The molecule has 0 aliphatic carbocycles. The summed E-state index contributed by atoms with van der Waals surface area (Å²) in [4.78, 5) is 23.3. The number of nitrogens with two attached hydrogens (primary N) is 1. The van der Waals surface area contributed by atoms with Gasteiger partial charge in [-0.3, -0.25) is 4.84 Å². The van der Waals surface area contributed by atoms with Gasteiger partial charge in [-0.2, -0.15) is 0 Å². The van der Waals surface area contributed by atoms with Crippen LogP contribution in [0.15, 0.2) is 18.3 Å². The van der Waals surface area contributed by atoms with Crippen molar-refractivity contribution in [2.75, 3.05) is 0 Å². The van der Waals surface area contributed by atoms with E-state index in [9.17, 15) is 4.79 Å². The van der Waals surface area contributed by atoms with Crippen LogP contribution in [0.5, 0.6) is 0 Å². The highest BCUT2D eigenvalue weighted by molar-refractivity contribution is 5.83. The van der Waals surface area contributed by atoms with E-state index < -0.39 is 6.09 Å². The summed E-state index contributed by atoms with van der Waals surface area (Å²) in [6.07, 6.45) is 0.333. The second-order valence-corrected chi connectivity index (χ2v) is 2.80. The summed E-state index contributed by atoms with van der Waals surface area (Å²) < 4.78 is 0.947. The number of imidazole rings is 1. The Labute approximate surface area is 84.1 Å². The number of rotatable bonds is 2. The zero-order chi connectivity index (χ0) is 10.8. The average Bonchev–Trinajstić information content (AvgIpc) is 2.56. The monoisotopic (exact) mass is 208 g/mol. The molecule has 0 bridgehead atoms. The van der Waals surface area contributed by atoms with Gasteiger partial charge >= 0.3 is 6.09 Å². The second kappa shape index (κ2) is 3.64. The van der Waals surface area contributed by atoms with Crippen molar-refractivity contribution in [3.8, 4) is 0 Å². The van der Waals surface area contributed by atoms with Crippen molar-refractivity contribution in [3.63, 3.8) is 0 Å². The number of fused-ring (bicyclic) bond motifs is 1. The molecule has 15 heavy (non-hydrogen) atoms. The number of hydrogen-bond acceptors (Lipinski definition) is 5. The largest absolute Gasteiger partial charge is 0.464 e. The van der Waals surface area contributed by atoms with Gasteiger partial charge in [0.1, 0.15) is 17.9 Å². The average molecular weight is 208 g/mol. The van der Waals surface area contributed by atoms with Crippen molar-refractivity contribution in [2.45, 2.75) is 6.61 Å². The van der Waals surface area contributed by atoms with Crippen LogP contribution >= 0.6 is 0 Å². The van der Waals surface area contributed by atoms with Crippen molar-refractivity contribution in [2.24, 2.45) is 5.90 Å². The predicted molar refractivity (Wildman–Crippen MR) is 49.9 cm³/mol. The maximum atomic E-state index is 11.0. The summed E-state index contributed by atoms with van der Waals surface area (Å²) in [5, 5.41) is 8.97. The van der Waals surface area contributed by atoms with E-state index >= 15 is 0 Å². The zero-order valence-corrected chi connectivity index (χ0v) is 7.62. The van der Waals surface area contributed by atoms with Crippen LogP contribution in [0.2, 0.25) is 0 Å². The van der Waals surface area contributed by atoms with E-state index in [0.717, 1.165) is 4.57 Å². The molecule has 2 aromatic rings. The summed E-state index contributed by atoms with van der Waals surface area (Å²) in [6, 6.07) is 3.34. The highest BCUT2D eigenvalue weighted by atomic mass is 16.6. The third-order valence-corrected chi connectivity index (χ3v) is 1.89. The van der Waals surface area contributed by atoms with E-state index in [1.165, 1.54) is 6.20 Å². The maximum Gasteiger partial charge on any atom is 0.418 e. The molecule has 0 amide bonds. The first-order valence-electron chi connectivity index (χ1n) is 4.11. The van der Waals surface area contributed by atoms with E-state index in [1.54, 1.807) is 12.1 Å². The Morgan fingerprint density at radius 2 is 2.47 bits per heavy atom. The third-order valence-electron chi connectivity index (χ3n) is 1.89. The summed E-state index contributed by atoms with van der Waals surface area (Å²) in [6.45, 7) is -0.0807. The molecule has 78 valence electrons. The Balaban J connectivity index is 2.69.